The molecule has 2 aromatic carbocycles. The van der Waals surface area contributed by atoms with Crippen molar-refractivity contribution in [1.82, 2.24) is 5.32 Å². The normalized spacial score (nSPS) is 14.9. The summed E-state index contributed by atoms with van der Waals surface area (Å²) in [5.41, 5.74) is 0.563. The van der Waals surface area contributed by atoms with E-state index in [0.717, 1.165) is 0 Å². The van der Waals surface area contributed by atoms with Gasteiger partial charge in [0, 0.05) is 6.54 Å². The average Bonchev–Trinajstić information content (AvgIpc) is 2.86. The van der Waals surface area contributed by atoms with Crippen LogP contribution in [-0.2, 0) is 30.0 Å². The molecule has 0 radical (unpaired) electrons. The van der Waals surface area contributed by atoms with Gasteiger partial charge in [0.05, 0.1) is 23.0 Å². The average molecular weight is 636 g/mol. The third-order valence-electron chi connectivity index (χ3n) is 8.78. The Morgan fingerprint density at radius 1 is 0.857 bits per heavy atom. The number of carbonyl (C=O) groups excluding carboxylic acids is 1. The summed E-state index contributed by atoms with van der Waals surface area (Å²) in [5.74, 6) is 0.227. The molecule has 0 bridgehead atoms. The Balaban J connectivity index is 2.53. The highest BCUT2D eigenvalue weighted by molar-refractivity contribution is 7.91. The van der Waals surface area contributed by atoms with Crippen LogP contribution >= 0.6 is 0 Å². The fourth-order valence-corrected chi connectivity index (χ4v) is 7.79. The molecule has 0 spiro atoms. The summed E-state index contributed by atoms with van der Waals surface area (Å²) < 4.78 is 45.8. The molecule has 0 fully saturated rings. The van der Waals surface area contributed by atoms with Gasteiger partial charge >= 0.3 is 5.97 Å². The first-order valence-corrected chi connectivity index (χ1v) is 22.0. The Labute approximate surface area is 256 Å². The van der Waals surface area contributed by atoms with Crippen molar-refractivity contribution in [2.45, 2.75) is 120 Å². The number of carbonyl (C=O) groups is 1. The third-order valence-corrected chi connectivity index (χ3v) is 19.5. The van der Waals surface area contributed by atoms with Gasteiger partial charge in [0.15, 0.2) is 8.32 Å². The van der Waals surface area contributed by atoms with Gasteiger partial charge < -0.3 is 13.6 Å². The SMILES string of the molecule is COc1ccc(S(=O)(=O)c2ccccc2CN[C@@H](C(=O)O[Si](C)(C)C(C)(C)C)C(O[Si](C)(C)C(C)(C)C)C(C)C)cc1. The molecule has 0 aliphatic carbocycles. The summed E-state index contributed by atoms with van der Waals surface area (Å²) in [6.07, 6.45) is -0.464. The molecule has 1 unspecified atom stereocenters. The van der Waals surface area contributed by atoms with Crippen LogP contribution in [0.3, 0.4) is 0 Å². The zero-order valence-corrected chi connectivity index (χ0v) is 30.7. The van der Waals surface area contributed by atoms with Crippen LogP contribution in [0.2, 0.25) is 36.3 Å². The van der Waals surface area contributed by atoms with Crippen molar-refractivity contribution in [3.63, 3.8) is 0 Å². The maximum absolute atomic E-state index is 14.0. The van der Waals surface area contributed by atoms with Gasteiger partial charge in [-0.05, 0) is 78.1 Å². The quantitative estimate of drug-likeness (QED) is 0.240. The molecule has 236 valence electrons. The monoisotopic (exact) mass is 635 g/mol. The minimum atomic E-state index is -3.82. The second-order valence-corrected chi connectivity index (χ2v) is 25.8. The fourth-order valence-electron chi connectivity index (χ4n) is 3.92. The topological polar surface area (TPSA) is 90.9 Å². The Bertz CT molecular complexity index is 1310. The van der Waals surface area contributed by atoms with Crippen LogP contribution in [0.5, 0.6) is 5.75 Å². The zero-order chi connectivity index (χ0) is 32.3. The number of sulfone groups is 1. The maximum atomic E-state index is 14.0. The number of methoxy groups -OCH3 is 1. The second-order valence-electron chi connectivity index (χ2n) is 14.4. The smallest absolute Gasteiger partial charge is 0.312 e. The lowest BCUT2D eigenvalue weighted by molar-refractivity contribution is -0.141. The van der Waals surface area contributed by atoms with Crippen LogP contribution in [0.25, 0.3) is 0 Å². The van der Waals surface area contributed by atoms with Crippen molar-refractivity contribution in [1.29, 1.82) is 0 Å². The molecular formula is C32H53NO6SSi2. The second kappa shape index (κ2) is 13.3. The van der Waals surface area contributed by atoms with Crippen molar-refractivity contribution in [3.05, 3.63) is 54.1 Å². The molecule has 10 heteroatoms. The van der Waals surface area contributed by atoms with E-state index in [0.29, 0.717) is 11.3 Å². The maximum Gasteiger partial charge on any atom is 0.312 e. The summed E-state index contributed by atoms with van der Waals surface area (Å²) in [5, 5.41) is 3.18. The van der Waals surface area contributed by atoms with E-state index < -0.39 is 38.6 Å². The number of ether oxygens (including phenoxy) is 1. The molecule has 2 rings (SSSR count). The lowest BCUT2D eigenvalue weighted by atomic mass is 9.99. The molecule has 0 saturated carbocycles. The summed E-state index contributed by atoms with van der Waals surface area (Å²) >= 11 is 0. The van der Waals surface area contributed by atoms with Crippen LogP contribution in [0.4, 0.5) is 0 Å². The number of hydrogen-bond donors (Lipinski definition) is 1. The van der Waals surface area contributed by atoms with Crippen molar-refractivity contribution >= 4 is 32.4 Å². The summed E-state index contributed by atoms with van der Waals surface area (Å²) in [6, 6.07) is 12.5. The largest absolute Gasteiger partial charge is 0.518 e. The van der Waals surface area contributed by atoms with Crippen LogP contribution in [0.1, 0.15) is 61.0 Å². The lowest BCUT2D eigenvalue weighted by Crippen LogP contribution is -2.57. The van der Waals surface area contributed by atoms with Crippen molar-refractivity contribution in [2.24, 2.45) is 5.92 Å². The highest BCUT2D eigenvalue weighted by Gasteiger charge is 2.46. The van der Waals surface area contributed by atoms with E-state index in [1.807, 2.05) is 13.8 Å². The number of hydrogen-bond acceptors (Lipinski definition) is 7. The van der Waals surface area contributed by atoms with Crippen molar-refractivity contribution < 1.29 is 26.8 Å². The van der Waals surface area contributed by atoms with Gasteiger partial charge in [0.25, 0.3) is 8.32 Å². The van der Waals surface area contributed by atoms with Crippen molar-refractivity contribution in [3.8, 4) is 5.75 Å². The van der Waals surface area contributed by atoms with Crippen LogP contribution in [0.15, 0.2) is 58.3 Å². The van der Waals surface area contributed by atoms with Gasteiger partial charge in [-0.25, -0.2) is 8.42 Å². The van der Waals surface area contributed by atoms with Gasteiger partial charge in [-0.2, -0.15) is 0 Å². The summed E-state index contributed by atoms with van der Waals surface area (Å²) in [6.45, 7) is 25.5. The number of benzene rings is 2. The molecule has 7 nitrogen and oxygen atoms in total. The predicted octanol–water partition coefficient (Wildman–Crippen LogP) is 7.58. The van der Waals surface area contributed by atoms with E-state index in [1.165, 1.54) is 7.11 Å². The minimum absolute atomic E-state index is 0.00173. The summed E-state index contributed by atoms with van der Waals surface area (Å²) in [7, 11) is -7.01. The van der Waals surface area contributed by atoms with E-state index in [9.17, 15) is 13.2 Å². The van der Waals surface area contributed by atoms with E-state index >= 15 is 0 Å². The van der Waals surface area contributed by atoms with Crippen LogP contribution in [0, 0.1) is 5.92 Å². The molecule has 0 aliphatic heterocycles. The van der Waals surface area contributed by atoms with Crippen LogP contribution < -0.4 is 10.1 Å². The van der Waals surface area contributed by atoms with Crippen molar-refractivity contribution in [2.75, 3.05) is 7.11 Å². The molecule has 0 heterocycles. The van der Waals surface area contributed by atoms with Gasteiger partial charge in [-0.1, -0.05) is 73.6 Å². The predicted molar refractivity (Wildman–Crippen MR) is 176 cm³/mol. The molecule has 0 aromatic heterocycles. The Morgan fingerprint density at radius 2 is 1.38 bits per heavy atom. The number of nitrogens with one attached hydrogen (secondary N) is 1. The first kappa shape index (κ1) is 36.2. The first-order valence-electron chi connectivity index (χ1n) is 14.7. The Kier molecular flexibility index (Phi) is 11.5. The molecular weight excluding hydrogens is 583 g/mol. The van der Waals surface area contributed by atoms with Gasteiger partial charge in [-0.15, -0.1) is 0 Å². The molecule has 0 saturated heterocycles. The highest BCUT2D eigenvalue weighted by Crippen LogP contribution is 2.40. The molecule has 2 atom stereocenters. The third kappa shape index (κ3) is 8.56. The van der Waals surface area contributed by atoms with E-state index in [-0.39, 0.29) is 38.3 Å². The lowest BCUT2D eigenvalue weighted by Gasteiger charge is -2.43. The van der Waals surface area contributed by atoms with Gasteiger partial charge in [0.1, 0.15) is 11.8 Å². The molecule has 2 aromatic rings. The van der Waals surface area contributed by atoms with E-state index in [1.54, 1.807) is 48.5 Å². The van der Waals surface area contributed by atoms with Gasteiger partial charge in [-0.3, -0.25) is 10.1 Å². The summed E-state index contributed by atoms with van der Waals surface area (Å²) in [4.78, 5) is 14.4. The zero-order valence-electron chi connectivity index (χ0n) is 27.9. The first-order chi connectivity index (χ1) is 19.0. The Hall–Kier alpha value is -1.99. The fraction of sp³-hybridized carbons (Fsp3) is 0.594. The van der Waals surface area contributed by atoms with Crippen LogP contribution in [-0.4, -0.2) is 50.3 Å². The minimum Gasteiger partial charge on any atom is -0.518 e. The highest BCUT2D eigenvalue weighted by atomic mass is 32.2. The van der Waals surface area contributed by atoms with E-state index in [4.69, 9.17) is 13.6 Å². The molecule has 0 amide bonds. The molecule has 0 aliphatic rings. The standard InChI is InChI=1S/C32H53NO6SSi2/c1-23(2)29(38-41(10,11)31(3,4)5)28(30(34)39-42(12,13)32(6,7)8)33-22-24-16-14-15-17-27(24)40(35,36)26-20-18-25(37-9)19-21-26/h14-21,23,28-29,33H,22H2,1-13H3/t28-,29?/m1/s1. The molecule has 42 heavy (non-hydrogen) atoms. The number of rotatable bonds is 12. The molecule has 1 N–H and O–H groups in total. The Morgan fingerprint density at radius 3 is 1.86 bits per heavy atom. The van der Waals surface area contributed by atoms with Gasteiger partial charge in [0.2, 0.25) is 9.84 Å². The van der Waals surface area contributed by atoms with E-state index in [2.05, 4.69) is 73.0 Å².